The molecule has 0 bridgehead atoms. The zero-order valence-electron chi connectivity index (χ0n) is 10.5. The van der Waals surface area contributed by atoms with Gasteiger partial charge in [0.1, 0.15) is 11.8 Å². The Labute approximate surface area is 117 Å². The molecule has 0 atom stereocenters. The molecule has 8 heteroatoms. The van der Waals surface area contributed by atoms with Crippen molar-refractivity contribution in [3.05, 3.63) is 42.1 Å². The average Bonchev–Trinajstić information content (AvgIpc) is 2.40. The Morgan fingerprint density at radius 2 is 2.05 bits per heavy atom. The van der Waals surface area contributed by atoms with E-state index >= 15 is 0 Å². The van der Waals surface area contributed by atoms with Crippen LogP contribution in [0.3, 0.4) is 0 Å². The molecule has 1 aromatic heterocycles. The first-order chi connectivity index (χ1) is 9.89. The van der Waals surface area contributed by atoms with Gasteiger partial charge in [0.2, 0.25) is 0 Å². The minimum absolute atomic E-state index is 0.113. The number of hydrogen-bond acceptors (Lipinski definition) is 5. The monoisotopic (exact) mass is 294 g/mol. The van der Waals surface area contributed by atoms with Crippen LogP contribution in [-0.2, 0) is 0 Å². The zero-order valence-corrected chi connectivity index (χ0v) is 10.5. The third-order valence-corrected chi connectivity index (χ3v) is 2.44. The maximum atomic E-state index is 12.2. The van der Waals surface area contributed by atoms with E-state index in [1.807, 2.05) is 6.07 Å². The van der Waals surface area contributed by atoms with Crippen molar-refractivity contribution in [3.8, 4) is 11.8 Å². The molecule has 5 nitrogen and oxygen atoms in total. The summed E-state index contributed by atoms with van der Waals surface area (Å²) in [6.07, 6.45) is -3.40. The minimum Gasteiger partial charge on any atom is -0.406 e. The van der Waals surface area contributed by atoms with Crippen molar-refractivity contribution >= 4 is 17.2 Å². The number of aromatic nitrogens is 1. The highest BCUT2D eigenvalue weighted by Gasteiger charge is 2.31. The van der Waals surface area contributed by atoms with E-state index in [9.17, 15) is 13.2 Å². The Morgan fingerprint density at radius 3 is 2.71 bits per heavy atom. The first-order valence-corrected chi connectivity index (χ1v) is 5.66. The predicted octanol–water partition coefficient (Wildman–Crippen LogP) is 3.18. The van der Waals surface area contributed by atoms with Gasteiger partial charge in [0.05, 0.1) is 11.3 Å². The number of alkyl halides is 3. The molecule has 0 amide bonds. The van der Waals surface area contributed by atoms with Crippen molar-refractivity contribution in [1.29, 1.82) is 5.26 Å². The molecule has 2 aromatic rings. The molecule has 2 rings (SSSR count). The van der Waals surface area contributed by atoms with Crippen LogP contribution in [0.15, 0.2) is 36.5 Å². The lowest BCUT2D eigenvalue weighted by Gasteiger charge is -2.12. The number of hydrogen-bond donors (Lipinski definition) is 2. The van der Waals surface area contributed by atoms with Crippen LogP contribution in [-0.4, -0.2) is 11.3 Å². The molecule has 0 aliphatic carbocycles. The molecule has 21 heavy (non-hydrogen) atoms. The number of nitriles is 1. The van der Waals surface area contributed by atoms with E-state index in [1.165, 1.54) is 30.5 Å². The lowest BCUT2D eigenvalue weighted by Crippen LogP contribution is -2.17. The van der Waals surface area contributed by atoms with Gasteiger partial charge >= 0.3 is 6.36 Å². The number of nitrogens with two attached hydrogens (primary N) is 1. The third kappa shape index (κ3) is 3.76. The van der Waals surface area contributed by atoms with Gasteiger partial charge in [0, 0.05) is 18.0 Å². The largest absolute Gasteiger partial charge is 0.573 e. The summed E-state index contributed by atoms with van der Waals surface area (Å²) in [5.41, 5.74) is 6.35. The van der Waals surface area contributed by atoms with Gasteiger partial charge in [-0.2, -0.15) is 5.26 Å². The number of nitrogens with zero attached hydrogens (tertiary/aromatic N) is 2. The number of nitrogens with one attached hydrogen (secondary N) is 1. The molecular weight excluding hydrogens is 285 g/mol. The summed E-state index contributed by atoms with van der Waals surface area (Å²) in [5, 5.41) is 11.6. The number of ether oxygens (including phenoxy) is 1. The summed E-state index contributed by atoms with van der Waals surface area (Å²) >= 11 is 0. The van der Waals surface area contributed by atoms with E-state index < -0.39 is 6.36 Å². The highest BCUT2D eigenvalue weighted by molar-refractivity contribution is 5.73. The van der Waals surface area contributed by atoms with Crippen LogP contribution in [0.25, 0.3) is 0 Å². The minimum atomic E-state index is -4.77. The van der Waals surface area contributed by atoms with Gasteiger partial charge < -0.3 is 15.8 Å². The zero-order chi connectivity index (χ0) is 15.5. The average molecular weight is 294 g/mol. The lowest BCUT2D eigenvalue weighted by molar-refractivity contribution is -0.274. The maximum Gasteiger partial charge on any atom is 0.573 e. The van der Waals surface area contributed by atoms with Gasteiger partial charge in [-0.05, 0) is 18.2 Å². The molecular formula is C13H9F3N4O. The molecule has 0 unspecified atom stereocenters. The Morgan fingerprint density at radius 1 is 1.29 bits per heavy atom. The van der Waals surface area contributed by atoms with E-state index in [2.05, 4.69) is 15.0 Å². The summed E-state index contributed by atoms with van der Waals surface area (Å²) in [7, 11) is 0. The lowest BCUT2D eigenvalue weighted by atomic mass is 10.2. The fourth-order valence-corrected chi connectivity index (χ4v) is 1.58. The number of halogens is 3. The van der Waals surface area contributed by atoms with Crippen LogP contribution in [0, 0.1) is 11.3 Å². The van der Waals surface area contributed by atoms with Crippen molar-refractivity contribution in [2.24, 2.45) is 0 Å². The molecule has 0 spiro atoms. The van der Waals surface area contributed by atoms with Crippen LogP contribution >= 0.6 is 0 Å². The summed E-state index contributed by atoms with van der Waals surface area (Å²) in [6.45, 7) is 0. The first-order valence-electron chi connectivity index (χ1n) is 5.66. The van der Waals surface area contributed by atoms with E-state index in [1.54, 1.807) is 0 Å². The number of pyridine rings is 1. The van der Waals surface area contributed by atoms with Gasteiger partial charge in [-0.3, -0.25) is 0 Å². The molecule has 0 aliphatic heterocycles. The summed E-state index contributed by atoms with van der Waals surface area (Å²) in [5.74, 6) is -0.194. The van der Waals surface area contributed by atoms with Crippen molar-refractivity contribution in [3.63, 3.8) is 0 Å². The molecule has 0 saturated heterocycles. The number of rotatable bonds is 3. The highest BCUT2D eigenvalue weighted by Crippen LogP contribution is 2.28. The fraction of sp³-hybridized carbons (Fsp3) is 0.0769. The molecule has 0 fully saturated rings. The summed E-state index contributed by atoms with van der Waals surface area (Å²) < 4.78 is 40.3. The molecule has 0 aliphatic rings. The first kappa shape index (κ1) is 14.5. The number of anilines is 3. The smallest absolute Gasteiger partial charge is 0.406 e. The van der Waals surface area contributed by atoms with Gasteiger partial charge in [-0.1, -0.05) is 6.07 Å². The summed E-state index contributed by atoms with van der Waals surface area (Å²) in [6, 6.07) is 8.53. The van der Waals surface area contributed by atoms with Crippen LogP contribution in [0.1, 0.15) is 5.56 Å². The number of benzene rings is 1. The SMILES string of the molecule is N#Cc1ccnc(Nc2cccc(OC(F)(F)F)c2)c1N. The Balaban J connectivity index is 2.25. The topological polar surface area (TPSA) is 84.0 Å². The van der Waals surface area contributed by atoms with E-state index in [4.69, 9.17) is 11.0 Å². The van der Waals surface area contributed by atoms with E-state index in [0.717, 1.165) is 6.07 Å². The molecule has 1 heterocycles. The second-order valence-electron chi connectivity index (χ2n) is 3.93. The third-order valence-electron chi connectivity index (χ3n) is 2.44. The maximum absolute atomic E-state index is 12.2. The van der Waals surface area contributed by atoms with Crippen molar-refractivity contribution in [1.82, 2.24) is 4.98 Å². The second-order valence-corrected chi connectivity index (χ2v) is 3.93. The Kier molecular flexibility index (Phi) is 3.84. The van der Waals surface area contributed by atoms with Crippen LogP contribution < -0.4 is 15.8 Å². The standard InChI is InChI=1S/C13H9F3N4O/c14-13(15,16)21-10-3-1-2-9(6-10)20-12-11(18)8(7-17)4-5-19-12/h1-6H,18H2,(H,19,20). The molecule has 0 radical (unpaired) electrons. The van der Waals surface area contributed by atoms with Crippen molar-refractivity contribution in [2.45, 2.75) is 6.36 Å². The van der Waals surface area contributed by atoms with Gasteiger partial charge in [-0.25, -0.2) is 4.98 Å². The van der Waals surface area contributed by atoms with Crippen molar-refractivity contribution in [2.75, 3.05) is 11.1 Å². The highest BCUT2D eigenvalue weighted by atomic mass is 19.4. The van der Waals surface area contributed by atoms with Crippen LogP contribution in [0.5, 0.6) is 5.75 Å². The van der Waals surface area contributed by atoms with Crippen LogP contribution in [0.4, 0.5) is 30.4 Å². The molecule has 3 N–H and O–H groups in total. The normalized spacial score (nSPS) is 10.8. The number of nitrogen functional groups attached to an aromatic ring is 1. The molecule has 0 saturated carbocycles. The predicted molar refractivity (Wildman–Crippen MR) is 69.8 cm³/mol. The van der Waals surface area contributed by atoms with Gasteiger partial charge in [0.25, 0.3) is 0 Å². The quantitative estimate of drug-likeness (QED) is 0.908. The van der Waals surface area contributed by atoms with E-state index in [0.29, 0.717) is 5.69 Å². The Bertz CT molecular complexity index is 695. The van der Waals surface area contributed by atoms with Crippen LogP contribution in [0.2, 0.25) is 0 Å². The Hall–Kier alpha value is -2.95. The van der Waals surface area contributed by atoms with Gasteiger partial charge in [-0.15, -0.1) is 13.2 Å². The molecule has 1 aromatic carbocycles. The second kappa shape index (κ2) is 5.58. The molecule has 108 valence electrons. The summed E-state index contributed by atoms with van der Waals surface area (Å²) in [4.78, 5) is 3.94. The van der Waals surface area contributed by atoms with Gasteiger partial charge in [0.15, 0.2) is 5.82 Å². The van der Waals surface area contributed by atoms with E-state index in [-0.39, 0.29) is 22.8 Å². The fourth-order valence-electron chi connectivity index (χ4n) is 1.58. The van der Waals surface area contributed by atoms with Crippen molar-refractivity contribution < 1.29 is 17.9 Å².